The van der Waals surface area contributed by atoms with E-state index in [1.807, 2.05) is 0 Å². The normalized spacial score (nSPS) is 15.2. The van der Waals surface area contributed by atoms with E-state index in [9.17, 15) is 0 Å². The van der Waals surface area contributed by atoms with E-state index in [2.05, 4.69) is 54.9 Å². The molecule has 108 valence electrons. The summed E-state index contributed by atoms with van der Waals surface area (Å²) in [4.78, 5) is 2.38. The van der Waals surface area contributed by atoms with Crippen molar-refractivity contribution in [2.24, 2.45) is 7.05 Å². The smallest absolute Gasteiger partial charge is 0.0486 e. The van der Waals surface area contributed by atoms with Gasteiger partial charge < -0.3 is 9.88 Å². The zero-order chi connectivity index (χ0) is 14.3. The number of nitrogens with zero attached hydrogens (tertiary/aromatic N) is 2. The van der Waals surface area contributed by atoms with Gasteiger partial charge in [-0.1, -0.05) is 6.92 Å². The van der Waals surface area contributed by atoms with E-state index in [0.29, 0.717) is 0 Å². The van der Waals surface area contributed by atoms with Crippen molar-refractivity contribution in [1.29, 1.82) is 0 Å². The lowest BCUT2D eigenvalue weighted by atomic mass is 10.0. The minimum absolute atomic E-state index is 1.05. The van der Waals surface area contributed by atoms with Gasteiger partial charge in [-0.2, -0.15) is 0 Å². The van der Waals surface area contributed by atoms with Crippen LogP contribution in [0.1, 0.15) is 29.3 Å². The fourth-order valence-corrected chi connectivity index (χ4v) is 3.41. The monoisotopic (exact) mass is 271 g/mol. The van der Waals surface area contributed by atoms with E-state index >= 15 is 0 Å². The summed E-state index contributed by atoms with van der Waals surface area (Å²) in [5.41, 5.74) is 7.33. The van der Waals surface area contributed by atoms with Gasteiger partial charge in [0.2, 0.25) is 0 Å². The van der Waals surface area contributed by atoms with E-state index in [4.69, 9.17) is 0 Å². The standard InChI is InChI=1S/C17H25N3/c1-5-18-7-6-15-12(2)20(4)17-9-14-11-19(3)10-13(14)8-16(15)17/h8-9,18H,5-7,10-11H2,1-4H3. The Morgan fingerprint density at radius 1 is 1.15 bits per heavy atom. The summed E-state index contributed by atoms with van der Waals surface area (Å²) in [5, 5.41) is 4.90. The number of hydrogen-bond acceptors (Lipinski definition) is 2. The van der Waals surface area contributed by atoms with Crippen molar-refractivity contribution in [3.63, 3.8) is 0 Å². The molecule has 0 spiro atoms. The largest absolute Gasteiger partial charge is 0.348 e. The molecule has 3 rings (SSSR count). The maximum Gasteiger partial charge on any atom is 0.0486 e. The van der Waals surface area contributed by atoms with Gasteiger partial charge in [-0.05, 0) is 62.3 Å². The van der Waals surface area contributed by atoms with Gasteiger partial charge in [0.05, 0.1) is 0 Å². The summed E-state index contributed by atoms with van der Waals surface area (Å²) in [5.74, 6) is 0. The first-order valence-corrected chi connectivity index (χ1v) is 7.60. The highest BCUT2D eigenvalue weighted by atomic mass is 15.1. The molecule has 2 heterocycles. The third kappa shape index (κ3) is 2.15. The number of hydrogen-bond donors (Lipinski definition) is 1. The summed E-state index contributed by atoms with van der Waals surface area (Å²) in [6, 6.07) is 4.83. The minimum atomic E-state index is 1.05. The van der Waals surface area contributed by atoms with Gasteiger partial charge in [-0.15, -0.1) is 0 Å². The highest BCUT2D eigenvalue weighted by molar-refractivity contribution is 5.87. The fourth-order valence-electron chi connectivity index (χ4n) is 3.41. The number of fused-ring (bicyclic) bond motifs is 2. The van der Waals surface area contributed by atoms with Crippen LogP contribution in [-0.2, 0) is 26.6 Å². The van der Waals surface area contributed by atoms with Crippen LogP contribution < -0.4 is 5.32 Å². The third-order valence-corrected chi connectivity index (χ3v) is 4.63. The molecule has 1 aliphatic rings. The van der Waals surface area contributed by atoms with Gasteiger partial charge in [0.25, 0.3) is 0 Å². The second-order valence-corrected chi connectivity index (χ2v) is 6.04. The summed E-state index contributed by atoms with van der Waals surface area (Å²) in [6.45, 7) is 8.70. The molecule has 1 aromatic heterocycles. The molecule has 0 atom stereocenters. The highest BCUT2D eigenvalue weighted by Crippen LogP contribution is 2.31. The highest BCUT2D eigenvalue weighted by Gasteiger charge is 2.19. The molecule has 0 amide bonds. The van der Waals surface area contributed by atoms with E-state index in [-0.39, 0.29) is 0 Å². The van der Waals surface area contributed by atoms with E-state index in [0.717, 1.165) is 32.6 Å². The third-order valence-electron chi connectivity index (χ3n) is 4.63. The first-order valence-electron chi connectivity index (χ1n) is 7.60. The molecule has 3 nitrogen and oxygen atoms in total. The average Bonchev–Trinajstić information content (AvgIpc) is 2.89. The Kier molecular flexibility index (Phi) is 3.57. The quantitative estimate of drug-likeness (QED) is 0.863. The lowest BCUT2D eigenvalue weighted by Crippen LogP contribution is -2.16. The van der Waals surface area contributed by atoms with Crippen LogP contribution in [0.15, 0.2) is 12.1 Å². The maximum atomic E-state index is 3.44. The number of aryl methyl sites for hydroxylation is 1. The van der Waals surface area contributed by atoms with Gasteiger partial charge in [0.15, 0.2) is 0 Å². The van der Waals surface area contributed by atoms with Gasteiger partial charge in [-0.25, -0.2) is 0 Å². The van der Waals surface area contributed by atoms with Crippen LogP contribution in [0.3, 0.4) is 0 Å². The second-order valence-electron chi connectivity index (χ2n) is 6.04. The number of rotatable bonds is 4. The first-order chi connectivity index (χ1) is 9.61. The van der Waals surface area contributed by atoms with Crippen LogP contribution in [0.4, 0.5) is 0 Å². The zero-order valence-electron chi connectivity index (χ0n) is 13.1. The van der Waals surface area contributed by atoms with Gasteiger partial charge >= 0.3 is 0 Å². The zero-order valence-corrected chi connectivity index (χ0v) is 13.1. The van der Waals surface area contributed by atoms with Crippen LogP contribution >= 0.6 is 0 Å². The lowest BCUT2D eigenvalue weighted by molar-refractivity contribution is 0.353. The van der Waals surface area contributed by atoms with Crippen LogP contribution in [0, 0.1) is 6.92 Å². The molecule has 1 aromatic carbocycles. The maximum absolute atomic E-state index is 3.44. The fraction of sp³-hybridized carbons (Fsp3) is 0.529. The van der Waals surface area contributed by atoms with Gasteiger partial charge in [-0.3, -0.25) is 4.90 Å². The van der Waals surface area contributed by atoms with E-state index in [1.165, 1.54) is 33.3 Å². The summed E-state index contributed by atoms with van der Waals surface area (Å²) in [6.07, 6.45) is 1.12. The molecule has 0 bridgehead atoms. The average molecular weight is 271 g/mol. The molecule has 2 aromatic rings. The van der Waals surface area contributed by atoms with Crippen LogP contribution in [0.25, 0.3) is 10.9 Å². The van der Waals surface area contributed by atoms with Crippen molar-refractivity contribution in [3.05, 3.63) is 34.5 Å². The Bertz CT molecular complexity index is 639. The van der Waals surface area contributed by atoms with Crippen molar-refractivity contribution in [2.45, 2.75) is 33.4 Å². The molecule has 20 heavy (non-hydrogen) atoms. The van der Waals surface area contributed by atoms with Crippen molar-refractivity contribution < 1.29 is 0 Å². The summed E-state index contributed by atoms with van der Waals surface area (Å²) >= 11 is 0. The molecule has 0 aliphatic carbocycles. The molecule has 0 fully saturated rings. The molecule has 0 saturated heterocycles. The Morgan fingerprint density at radius 2 is 1.85 bits per heavy atom. The number of likely N-dealkylation sites (N-methyl/N-ethyl adjacent to an activating group) is 1. The lowest BCUT2D eigenvalue weighted by Gasteiger charge is -2.04. The van der Waals surface area contributed by atoms with Crippen molar-refractivity contribution in [3.8, 4) is 0 Å². The molecule has 1 aliphatic heterocycles. The molecular weight excluding hydrogens is 246 g/mol. The summed E-state index contributed by atoms with van der Waals surface area (Å²) < 4.78 is 2.36. The summed E-state index contributed by atoms with van der Waals surface area (Å²) in [7, 11) is 4.39. The Morgan fingerprint density at radius 3 is 2.55 bits per heavy atom. The van der Waals surface area contributed by atoms with Crippen LogP contribution in [0.5, 0.6) is 0 Å². The molecule has 3 heteroatoms. The van der Waals surface area contributed by atoms with E-state index in [1.54, 1.807) is 0 Å². The van der Waals surface area contributed by atoms with Crippen molar-refractivity contribution >= 4 is 10.9 Å². The number of aromatic nitrogens is 1. The Labute approximate surface area is 121 Å². The van der Waals surface area contributed by atoms with Crippen molar-refractivity contribution in [2.75, 3.05) is 20.1 Å². The topological polar surface area (TPSA) is 20.2 Å². The van der Waals surface area contributed by atoms with Crippen LogP contribution in [0.2, 0.25) is 0 Å². The predicted octanol–water partition coefficient (Wildman–Crippen LogP) is 2.58. The van der Waals surface area contributed by atoms with Gasteiger partial charge in [0, 0.05) is 36.7 Å². The van der Waals surface area contributed by atoms with Crippen LogP contribution in [-0.4, -0.2) is 29.6 Å². The first kappa shape index (κ1) is 13.7. The van der Waals surface area contributed by atoms with Crippen molar-refractivity contribution in [1.82, 2.24) is 14.8 Å². The second kappa shape index (κ2) is 5.23. The number of benzene rings is 1. The Balaban J connectivity index is 2.06. The predicted molar refractivity (Wildman–Crippen MR) is 85.1 cm³/mol. The Hall–Kier alpha value is -1.32. The molecule has 1 N–H and O–H groups in total. The SMILES string of the molecule is CCNCCc1c(C)n(C)c2cc3c(cc12)CN(C)C3. The molecular formula is C17H25N3. The minimum Gasteiger partial charge on any atom is -0.348 e. The molecule has 0 unspecified atom stereocenters. The molecule has 0 radical (unpaired) electrons. The molecule has 0 saturated carbocycles. The van der Waals surface area contributed by atoms with Gasteiger partial charge in [0.1, 0.15) is 0 Å². The van der Waals surface area contributed by atoms with E-state index < -0.39 is 0 Å². The number of nitrogens with one attached hydrogen (secondary N) is 1.